The van der Waals surface area contributed by atoms with Gasteiger partial charge in [0, 0.05) is 87.3 Å². The summed E-state index contributed by atoms with van der Waals surface area (Å²) in [6.45, 7) is 16.3. The molecule has 0 saturated carbocycles. The normalized spacial score (nSPS) is 18.3. The zero-order chi connectivity index (χ0) is 40.5. The van der Waals surface area contributed by atoms with Crippen LogP contribution in [0.1, 0.15) is 55.1 Å². The minimum Gasteiger partial charge on any atom is -0.474 e. The smallest absolute Gasteiger partial charge is 0.244 e. The number of carbonyl (C=O) groups is 3. The third-order valence-corrected chi connectivity index (χ3v) is 11.7. The maximum atomic E-state index is 13.5. The highest BCUT2D eigenvalue weighted by molar-refractivity contribution is 6.01. The molecule has 2 aromatic carbocycles. The number of pyridine rings is 1. The van der Waals surface area contributed by atoms with Crippen LogP contribution in [-0.2, 0) is 20.9 Å². The molecule has 3 N–H and O–H groups in total. The lowest BCUT2D eigenvalue weighted by Gasteiger charge is -2.49. The number of piperazine rings is 1. The van der Waals surface area contributed by atoms with E-state index in [9.17, 15) is 14.4 Å². The summed E-state index contributed by atoms with van der Waals surface area (Å²) in [5.74, 6) is 0.467. The lowest BCUT2D eigenvalue weighted by atomic mass is 9.90. The van der Waals surface area contributed by atoms with E-state index in [4.69, 9.17) is 14.8 Å². The molecule has 5 aromatic rings. The summed E-state index contributed by atoms with van der Waals surface area (Å²) in [4.78, 5) is 58.0. The summed E-state index contributed by atoms with van der Waals surface area (Å²) in [5.41, 5.74) is 9.31. The predicted molar refractivity (Wildman–Crippen MR) is 224 cm³/mol. The van der Waals surface area contributed by atoms with Gasteiger partial charge in [-0.05, 0) is 62.1 Å². The van der Waals surface area contributed by atoms with Crippen LogP contribution in [0.15, 0.2) is 54.9 Å². The molecule has 0 bridgehead atoms. The Morgan fingerprint density at radius 2 is 1.74 bits per heavy atom. The first-order valence-corrected chi connectivity index (χ1v) is 20.3. The maximum Gasteiger partial charge on any atom is 0.244 e. The first-order valence-electron chi connectivity index (χ1n) is 20.3. The lowest BCUT2D eigenvalue weighted by molar-refractivity contribution is -0.135. The Morgan fingerprint density at radius 3 is 2.50 bits per heavy atom. The average Bonchev–Trinajstić information content (AvgIpc) is 3.48. The van der Waals surface area contributed by atoms with E-state index in [1.54, 1.807) is 4.68 Å². The van der Waals surface area contributed by atoms with Gasteiger partial charge in [0.1, 0.15) is 18.8 Å². The Morgan fingerprint density at radius 1 is 0.966 bits per heavy atom. The molecule has 3 saturated heterocycles. The number of imide groups is 1. The van der Waals surface area contributed by atoms with Gasteiger partial charge in [0.2, 0.25) is 29.5 Å². The van der Waals surface area contributed by atoms with Crippen LogP contribution in [-0.4, -0.2) is 111 Å². The van der Waals surface area contributed by atoms with Gasteiger partial charge in [-0.1, -0.05) is 38.1 Å². The molecule has 7 heterocycles. The Balaban J connectivity index is 0.00000231. The van der Waals surface area contributed by atoms with Gasteiger partial charge < -0.3 is 25.2 Å². The minimum atomic E-state index is -0.270. The number of nitrogens with zero attached hydrogens (tertiary/aromatic N) is 8. The monoisotopic (exact) mass is 785 g/mol. The standard InChI is InChI=1S/C41H45N11O4.C2H6/c1-24-33(20-43-40-37(24)42-12-17-56-40)28-4-5-29-19-44-41(45-34(29)18-28)47-38-25(2)48-52(26(38)3)23-36(54)50-15-13-49(14-16-50)31-21-51(22-31)30-8-6-27(7-9-30)32-10-11-35(53)46-39(32)55;1-2/h4-9,18-20,31-32,42H,10-17,21-23H2,1-3H3,(H,44,45,47)(H,46,53,55);1-2H3. The second-order valence-electron chi connectivity index (χ2n) is 15.1. The SMILES string of the molecule is CC.Cc1nn(CC(=O)N2CCN(C3CN(c4ccc(C5CCC(=O)NC5=O)cc4)C3)CC2)c(C)c1Nc1ncc2ccc(-c3cnc4c(c3C)NCCO4)cc2n1. The number of hydrogen-bond donors (Lipinski definition) is 3. The number of hydrogen-bond acceptors (Lipinski definition) is 12. The summed E-state index contributed by atoms with van der Waals surface area (Å²) >= 11 is 0. The fourth-order valence-electron chi connectivity index (χ4n) is 8.30. The largest absolute Gasteiger partial charge is 0.474 e. The van der Waals surface area contributed by atoms with Crippen molar-refractivity contribution in [2.75, 3.05) is 68.0 Å². The molecule has 4 aliphatic rings. The van der Waals surface area contributed by atoms with Crippen LogP contribution >= 0.6 is 0 Å². The zero-order valence-corrected chi connectivity index (χ0v) is 33.8. The fraction of sp³-hybridized carbons (Fsp3) is 0.419. The highest BCUT2D eigenvalue weighted by Crippen LogP contribution is 2.36. The van der Waals surface area contributed by atoms with Crippen molar-refractivity contribution in [3.8, 4) is 17.0 Å². The van der Waals surface area contributed by atoms with Crippen molar-refractivity contribution in [3.63, 3.8) is 0 Å². The van der Waals surface area contributed by atoms with E-state index in [0.717, 1.165) is 94.3 Å². The van der Waals surface area contributed by atoms with E-state index in [1.165, 1.54) is 0 Å². The fourth-order valence-corrected chi connectivity index (χ4v) is 8.30. The Hall–Kier alpha value is -6.09. The first-order chi connectivity index (χ1) is 28.2. The Labute approximate surface area is 338 Å². The molecule has 4 aliphatic heterocycles. The van der Waals surface area contributed by atoms with Crippen LogP contribution in [0.5, 0.6) is 5.88 Å². The van der Waals surface area contributed by atoms with E-state index in [0.29, 0.717) is 50.4 Å². The van der Waals surface area contributed by atoms with Crippen LogP contribution in [0.3, 0.4) is 0 Å². The van der Waals surface area contributed by atoms with Gasteiger partial charge in [0.25, 0.3) is 0 Å². The summed E-state index contributed by atoms with van der Waals surface area (Å²) < 4.78 is 7.48. The van der Waals surface area contributed by atoms with E-state index in [1.807, 2.05) is 63.2 Å². The number of amides is 3. The molecule has 1 unspecified atom stereocenters. The van der Waals surface area contributed by atoms with Gasteiger partial charge in [0.15, 0.2) is 0 Å². The van der Waals surface area contributed by atoms with Crippen molar-refractivity contribution >= 4 is 51.6 Å². The van der Waals surface area contributed by atoms with Crippen LogP contribution in [0.25, 0.3) is 22.0 Å². The molecule has 15 nitrogen and oxygen atoms in total. The van der Waals surface area contributed by atoms with E-state index < -0.39 is 0 Å². The van der Waals surface area contributed by atoms with Crippen LogP contribution in [0, 0.1) is 20.8 Å². The van der Waals surface area contributed by atoms with Crippen molar-refractivity contribution in [2.24, 2.45) is 0 Å². The molecular formula is C43H51N11O4. The average molecular weight is 786 g/mol. The van der Waals surface area contributed by atoms with Gasteiger partial charge in [-0.15, -0.1) is 0 Å². The minimum absolute atomic E-state index is 0.0522. The van der Waals surface area contributed by atoms with Crippen molar-refractivity contribution < 1.29 is 19.1 Å². The summed E-state index contributed by atoms with van der Waals surface area (Å²) in [6, 6.07) is 14.7. The number of benzene rings is 2. The van der Waals surface area contributed by atoms with Gasteiger partial charge in [-0.3, -0.25) is 29.3 Å². The molecular weight excluding hydrogens is 735 g/mol. The van der Waals surface area contributed by atoms with Crippen molar-refractivity contribution in [1.29, 1.82) is 0 Å². The molecule has 15 heteroatoms. The van der Waals surface area contributed by atoms with Gasteiger partial charge in [-0.25, -0.2) is 15.0 Å². The van der Waals surface area contributed by atoms with Crippen LogP contribution in [0.2, 0.25) is 0 Å². The Kier molecular flexibility index (Phi) is 11.0. The third kappa shape index (κ3) is 7.65. The number of aromatic nitrogens is 5. The number of anilines is 4. The first kappa shape index (κ1) is 38.8. The lowest BCUT2D eigenvalue weighted by Crippen LogP contribution is -2.63. The summed E-state index contributed by atoms with van der Waals surface area (Å²) in [7, 11) is 0. The number of piperidine rings is 1. The molecule has 3 amide bonds. The number of nitrogens with one attached hydrogen (secondary N) is 3. The van der Waals surface area contributed by atoms with Gasteiger partial charge in [0.05, 0.1) is 28.5 Å². The number of rotatable bonds is 8. The third-order valence-electron chi connectivity index (χ3n) is 11.7. The van der Waals surface area contributed by atoms with Crippen LogP contribution in [0.4, 0.5) is 23.0 Å². The molecule has 9 rings (SSSR count). The molecule has 58 heavy (non-hydrogen) atoms. The molecule has 0 spiro atoms. The predicted octanol–water partition coefficient (Wildman–Crippen LogP) is 4.94. The molecule has 3 fully saturated rings. The van der Waals surface area contributed by atoms with Crippen LogP contribution < -0.4 is 25.6 Å². The highest BCUT2D eigenvalue weighted by Gasteiger charge is 2.35. The summed E-state index contributed by atoms with van der Waals surface area (Å²) in [6.07, 6.45) is 4.59. The molecule has 302 valence electrons. The summed E-state index contributed by atoms with van der Waals surface area (Å²) in [5, 5.41) is 14.9. The number of fused-ring (bicyclic) bond motifs is 2. The van der Waals surface area contributed by atoms with E-state index in [2.05, 4.69) is 66.9 Å². The maximum absolute atomic E-state index is 13.5. The number of ether oxygens (including phenoxy) is 1. The van der Waals surface area contributed by atoms with Gasteiger partial charge in [-0.2, -0.15) is 5.10 Å². The van der Waals surface area contributed by atoms with E-state index in [-0.39, 0.29) is 30.2 Å². The number of carbonyl (C=O) groups excluding carboxylic acids is 3. The molecule has 3 aromatic heterocycles. The van der Waals surface area contributed by atoms with E-state index >= 15 is 0 Å². The number of aryl methyl sites for hydroxylation is 1. The molecule has 0 aliphatic carbocycles. The molecule has 0 radical (unpaired) electrons. The Bertz CT molecular complexity index is 2350. The van der Waals surface area contributed by atoms with Crippen molar-refractivity contribution in [1.82, 2.24) is 39.8 Å². The zero-order valence-electron chi connectivity index (χ0n) is 33.8. The van der Waals surface area contributed by atoms with Crippen molar-refractivity contribution in [2.45, 2.75) is 66.0 Å². The molecule has 1 atom stereocenters. The topological polar surface area (TPSA) is 163 Å². The second-order valence-corrected chi connectivity index (χ2v) is 15.1. The quantitative estimate of drug-likeness (QED) is 0.182. The van der Waals surface area contributed by atoms with Crippen molar-refractivity contribution in [3.05, 3.63) is 77.4 Å². The van der Waals surface area contributed by atoms with Gasteiger partial charge >= 0.3 is 0 Å². The second kappa shape index (κ2) is 16.4. The highest BCUT2D eigenvalue weighted by atomic mass is 16.5.